The number of ether oxygens (including phenoxy) is 1. The summed E-state index contributed by atoms with van der Waals surface area (Å²) < 4.78 is 10.2. The van der Waals surface area contributed by atoms with Gasteiger partial charge < -0.3 is 19.9 Å². The maximum Gasteiger partial charge on any atom is 0.312 e. The molecule has 1 atom stereocenters. The number of benzene rings is 1. The van der Waals surface area contributed by atoms with Gasteiger partial charge in [0, 0.05) is 11.9 Å². The highest BCUT2D eigenvalue weighted by Crippen LogP contribution is 2.19. The quantitative estimate of drug-likeness (QED) is 0.801. The van der Waals surface area contributed by atoms with Crippen LogP contribution in [-0.2, 0) is 25.5 Å². The summed E-state index contributed by atoms with van der Waals surface area (Å²) in [6.07, 6.45) is 2.09. The van der Waals surface area contributed by atoms with Crippen molar-refractivity contribution in [1.82, 2.24) is 10.1 Å². The van der Waals surface area contributed by atoms with Crippen LogP contribution in [0.5, 0.6) is 0 Å². The number of piperidine rings is 1. The fraction of sp³-hybridized carbons (Fsp3) is 0.412. The average molecular weight is 345 g/mol. The van der Waals surface area contributed by atoms with Gasteiger partial charge in [-0.05, 0) is 31.4 Å². The molecule has 2 amide bonds. The third-order valence-corrected chi connectivity index (χ3v) is 4.27. The number of hydrogen-bond acceptors (Lipinski definition) is 6. The van der Waals surface area contributed by atoms with Crippen LogP contribution in [0, 0.1) is 0 Å². The Morgan fingerprint density at radius 3 is 2.88 bits per heavy atom. The fourth-order valence-electron chi connectivity index (χ4n) is 3.00. The third kappa shape index (κ3) is 3.78. The van der Waals surface area contributed by atoms with Crippen molar-refractivity contribution in [1.29, 1.82) is 0 Å². The summed E-state index contributed by atoms with van der Waals surface area (Å²) in [5.41, 5.74) is 6.38. The SMILES string of the molecule is NC(=O)[C@@H]1CCCCN1C(=O)COC(=O)Cc1noc2ccccc12. The van der Waals surface area contributed by atoms with Crippen molar-refractivity contribution >= 4 is 28.8 Å². The molecule has 8 heteroatoms. The van der Waals surface area contributed by atoms with Gasteiger partial charge in [0.2, 0.25) is 5.91 Å². The van der Waals surface area contributed by atoms with Crippen LogP contribution < -0.4 is 5.73 Å². The molecule has 0 saturated carbocycles. The Kier molecular flexibility index (Phi) is 4.97. The molecule has 1 saturated heterocycles. The van der Waals surface area contributed by atoms with Crippen molar-refractivity contribution in [3.63, 3.8) is 0 Å². The Morgan fingerprint density at radius 2 is 2.08 bits per heavy atom. The highest BCUT2D eigenvalue weighted by Gasteiger charge is 2.31. The largest absolute Gasteiger partial charge is 0.455 e. The van der Waals surface area contributed by atoms with Crippen molar-refractivity contribution in [2.45, 2.75) is 31.7 Å². The highest BCUT2D eigenvalue weighted by molar-refractivity contribution is 5.89. The molecule has 2 heterocycles. The molecule has 0 unspecified atom stereocenters. The first-order chi connectivity index (χ1) is 12.1. The standard InChI is InChI=1S/C17H19N3O5/c18-17(23)13-6-3-4-8-20(13)15(21)10-24-16(22)9-12-11-5-1-2-7-14(11)25-19-12/h1-2,5,7,13H,3-4,6,8-10H2,(H2,18,23)/t13-/m0/s1. The van der Waals surface area contributed by atoms with Gasteiger partial charge in [-0.25, -0.2) is 0 Å². The van der Waals surface area contributed by atoms with Crippen LogP contribution in [0.3, 0.4) is 0 Å². The number of carbonyl (C=O) groups excluding carboxylic acids is 3. The molecule has 25 heavy (non-hydrogen) atoms. The normalized spacial score (nSPS) is 17.4. The zero-order chi connectivity index (χ0) is 17.8. The van der Waals surface area contributed by atoms with E-state index in [4.69, 9.17) is 15.0 Å². The summed E-state index contributed by atoms with van der Waals surface area (Å²) in [6.45, 7) is 0.0241. The van der Waals surface area contributed by atoms with E-state index in [2.05, 4.69) is 5.16 Å². The van der Waals surface area contributed by atoms with Crippen LogP contribution in [0.4, 0.5) is 0 Å². The number of fused-ring (bicyclic) bond motifs is 1. The highest BCUT2D eigenvalue weighted by atomic mass is 16.5. The van der Waals surface area contributed by atoms with E-state index < -0.39 is 30.4 Å². The number of hydrogen-bond donors (Lipinski definition) is 1. The van der Waals surface area contributed by atoms with Gasteiger partial charge in [0.25, 0.3) is 5.91 Å². The van der Waals surface area contributed by atoms with E-state index in [1.54, 1.807) is 12.1 Å². The van der Waals surface area contributed by atoms with E-state index >= 15 is 0 Å². The number of para-hydroxylation sites is 1. The summed E-state index contributed by atoms with van der Waals surface area (Å²) in [5.74, 6) is -1.53. The molecule has 0 aliphatic carbocycles. The van der Waals surface area contributed by atoms with Gasteiger partial charge in [-0.3, -0.25) is 14.4 Å². The second-order valence-electron chi connectivity index (χ2n) is 5.96. The van der Waals surface area contributed by atoms with E-state index in [0.29, 0.717) is 24.2 Å². The van der Waals surface area contributed by atoms with E-state index in [9.17, 15) is 14.4 Å². The molecule has 0 bridgehead atoms. The van der Waals surface area contributed by atoms with E-state index in [-0.39, 0.29) is 6.42 Å². The molecule has 0 spiro atoms. The topological polar surface area (TPSA) is 116 Å². The van der Waals surface area contributed by atoms with Crippen LogP contribution >= 0.6 is 0 Å². The Bertz CT molecular complexity index is 800. The van der Waals surface area contributed by atoms with Crippen LogP contribution in [0.25, 0.3) is 11.0 Å². The molecule has 8 nitrogen and oxygen atoms in total. The van der Waals surface area contributed by atoms with E-state index in [0.717, 1.165) is 18.2 Å². The number of esters is 1. The molecular weight excluding hydrogens is 326 g/mol. The van der Waals surface area contributed by atoms with Gasteiger partial charge in [0.05, 0.1) is 6.42 Å². The molecule has 1 aromatic carbocycles. The first-order valence-electron chi connectivity index (χ1n) is 8.14. The molecule has 132 valence electrons. The average Bonchev–Trinajstić information content (AvgIpc) is 3.02. The van der Waals surface area contributed by atoms with Gasteiger partial charge in [-0.1, -0.05) is 17.3 Å². The lowest BCUT2D eigenvalue weighted by molar-refractivity contribution is -0.154. The summed E-state index contributed by atoms with van der Waals surface area (Å²) in [7, 11) is 0. The van der Waals surface area contributed by atoms with Gasteiger partial charge >= 0.3 is 5.97 Å². The second kappa shape index (κ2) is 7.33. The Hall–Kier alpha value is -2.90. The van der Waals surface area contributed by atoms with E-state index in [1.807, 2.05) is 12.1 Å². The van der Waals surface area contributed by atoms with Crippen molar-refractivity contribution in [2.75, 3.05) is 13.2 Å². The van der Waals surface area contributed by atoms with Gasteiger partial charge in [-0.2, -0.15) is 0 Å². The zero-order valence-electron chi connectivity index (χ0n) is 13.6. The number of rotatable bonds is 5. The summed E-state index contributed by atoms with van der Waals surface area (Å²) >= 11 is 0. The predicted molar refractivity (Wildman–Crippen MR) is 87.2 cm³/mol. The van der Waals surface area contributed by atoms with Gasteiger partial charge in [0.15, 0.2) is 12.2 Å². The zero-order valence-corrected chi connectivity index (χ0v) is 13.6. The maximum absolute atomic E-state index is 12.2. The first-order valence-corrected chi connectivity index (χ1v) is 8.14. The Balaban J connectivity index is 1.56. The molecule has 0 radical (unpaired) electrons. The van der Waals surface area contributed by atoms with Gasteiger partial charge in [0.1, 0.15) is 11.7 Å². The van der Waals surface area contributed by atoms with Crippen molar-refractivity contribution in [3.05, 3.63) is 30.0 Å². The Labute approximate surface area is 143 Å². The maximum atomic E-state index is 12.2. The second-order valence-corrected chi connectivity index (χ2v) is 5.96. The number of aromatic nitrogens is 1. The smallest absolute Gasteiger partial charge is 0.312 e. The third-order valence-electron chi connectivity index (χ3n) is 4.27. The van der Waals surface area contributed by atoms with Crippen LogP contribution in [-0.4, -0.2) is 47.0 Å². The molecule has 1 aliphatic heterocycles. The molecule has 3 rings (SSSR count). The van der Waals surface area contributed by atoms with E-state index in [1.165, 1.54) is 4.90 Å². The lowest BCUT2D eigenvalue weighted by Gasteiger charge is -2.33. The lowest BCUT2D eigenvalue weighted by atomic mass is 10.0. The minimum absolute atomic E-state index is 0.0937. The fourth-order valence-corrected chi connectivity index (χ4v) is 3.00. The molecule has 2 N–H and O–H groups in total. The number of carbonyl (C=O) groups is 3. The molecule has 2 aromatic rings. The molecule has 1 aliphatic rings. The minimum atomic E-state index is -0.626. The molecular formula is C17H19N3O5. The predicted octanol–water partition coefficient (Wildman–Crippen LogP) is 0.780. The van der Waals surface area contributed by atoms with Crippen molar-refractivity contribution < 1.29 is 23.6 Å². The van der Waals surface area contributed by atoms with Gasteiger partial charge in [-0.15, -0.1) is 0 Å². The number of amides is 2. The van der Waals surface area contributed by atoms with Crippen LogP contribution in [0.2, 0.25) is 0 Å². The Morgan fingerprint density at radius 1 is 1.28 bits per heavy atom. The minimum Gasteiger partial charge on any atom is -0.455 e. The van der Waals surface area contributed by atoms with Crippen molar-refractivity contribution in [3.8, 4) is 0 Å². The number of nitrogens with two attached hydrogens (primary N) is 1. The monoisotopic (exact) mass is 345 g/mol. The summed E-state index contributed by atoms with van der Waals surface area (Å²) in [5, 5.41) is 4.59. The first kappa shape index (κ1) is 16.9. The number of primary amides is 1. The van der Waals surface area contributed by atoms with Crippen LogP contribution in [0.1, 0.15) is 25.0 Å². The van der Waals surface area contributed by atoms with Crippen LogP contribution in [0.15, 0.2) is 28.8 Å². The summed E-state index contributed by atoms with van der Waals surface area (Å²) in [6, 6.07) is 6.55. The van der Waals surface area contributed by atoms with Crippen molar-refractivity contribution in [2.24, 2.45) is 5.73 Å². The summed E-state index contributed by atoms with van der Waals surface area (Å²) in [4.78, 5) is 37.1. The number of likely N-dealkylation sites (tertiary alicyclic amines) is 1. The lowest BCUT2D eigenvalue weighted by Crippen LogP contribution is -2.51. The number of nitrogens with zero attached hydrogens (tertiary/aromatic N) is 2. The molecule has 1 aromatic heterocycles. The molecule has 1 fully saturated rings.